The van der Waals surface area contributed by atoms with Gasteiger partial charge in [-0.15, -0.1) is 34.5 Å². The average Bonchev–Trinajstić information content (AvgIpc) is 3.26. The molecule has 0 aliphatic heterocycles. The van der Waals surface area contributed by atoms with Crippen molar-refractivity contribution in [3.05, 3.63) is 83.6 Å². The van der Waals surface area contributed by atoms with Gasteiger partial charge in [0, 0.05) is 0 Å². The van der Waals surface area contributed by atoms with Crippen molar-refractivity contribution < 1.29 is 25.8 Å². The third-order valence-electron chi connectivity index (χ3n) is 6.51. The Labute approximate surface area is 199 Å². The van der Waals surface area contributed by atoms with E-state index < -0.39 is 0 Å². The molecule has 1 aliphatic rings. The van der Waals surface area contributed by atoms with Crippen molar-refractivity contribution in [2.24, 2.45) is 5.92 Å². The van der Waals surface area contributed by atoms with Crippen LogP contribution < -0.4 is 0 Å². The smallest absolute Gasteiger partial charge is 0.358 e. The molecule has 3 aromatic rings. The first kappa shape index (κ1) is 28.1. The standard InChI is InChI=1S/C16H19.C10H15.2CH3.Hf/c1-11(2)8-14-6-7-15-9-12-4-3-5-13(12)10-16(14)15;1-6-7(2)9(4)10(5)8(6)3;;;/h6-7,9-11H,3-5,8H2,1-2H3;1-5H3;2*1H3;/q4*-1;+4. The van der Waals surface area contributed by atoms with E-state index in [-0.39, 0.29) is 40.7 Å². The van der Waals surface area contributed by atoms with Crippen molar-refractivity contribution in [1.82, 2.24) is 0 Å². The summed E-state index contributed by atoms with van der Waals surface area (Å²) >= 11 is 0. The van der Waals surface area contributed by atoms with Gasteiger partial charge in [0.2, 0.25) is 0 Å². The topological polar surface area (TPSA) is 0 Å². The number of hydrogen-bond acceptors (Lipinski definition) is 0. The Kier molecular flexibility index (Phi) is 11.1. The quantitative estimate of drug-likeness (QED) is 0.222. The third-order valence-corrected chi connectivity index (χ3v) is 6.51. The van der Waals surface area contributed by atoms with E-state index in [1.807, 2.05) is 0 Å². The van der Waals surface area contributed by atoms with Crippen LogP contribution in [-0.2, 0) is 45.1 Å². The van der Waals surface area contributed by atoms with E-state index in [2.05, 4.69) is 72.7 Å². The van der Waals surface area contributed by atoms with E-state index >= 15 is 0 Å². The van der Waals surface area contributed by atoms with Crippen molar-refractivity contribution in [3.8, 4) is 0 Å². The molecule has 1 aliphatic carbocycles. The minimum atomic E-state index is 0. The van der Waals surface area contributed by atoms with Crippen molar-refractivity contribution in [2.45, 2.75) is 74.1 Å². The van der Waals surface area contributed by atoms with Crippen LogP contribution in [0.3, 0.4) is 0 Å². The van der Waals surface area contributed by atoms with Gasteiger partial charge in [0.15, 0.2) is 0 Å². The van der Waals surface area contributed by atoms with E-state index in [4.69, 9.17) is 0 Å². The summed E-state index contributed by atoms with van der Waals surface area (Å²) in [5.41, 5.74) is 12.1. The van der Waals surface area contributed by atoms with Gasteiger partial charge in [-0.2, -0.15) is 33.9 Å². The van der Waals surface area contributed by atoms with Gasteiger partial charge in [0.05, 0.1) is 0 Å². The third kappa shape index (κ3) is 5.81. The Hall–Kier alpha value is -0.950. The Bertz CT molecular complexity index is 838. The predicted molar refractivity (Wildman–Crippen MR) is 129 cm³/mol. The molecular formula is C28H40Hf. The molecule has 29 heavy (non-hydrogen) atoms. The maximum atomic E-state index is 2.45. The van der Waals surface area contributed by atoms with E-state index in [1.54, 1.807) is 16.7 Å². The summed E-state index contributed by atoms with van der Waals surface area (Å²) in [4.78, 5) is 0. The molecule has 0 amide bonds. The fourth-order valence-electron chi connectivity index (χ4n) is 4.36. The van der Waals surface area contributed by atoms with Crippen LogP contribution in [0.15, 0.2) is 24.3 Å². The Morgan fingerprint density at radius 1 is 0.897 bits per heavy atom. The minimum absolute atomic E-state index is 0. The summed E-state index contributed by atoms with van der Waals surface area (Å²) in [6.45, 7) is 15.6. The van der Waals surface area contributed by atoms with Crippen molar-refractivity contribution in [2.75, 3.05) is 0 Å². The van der Waals surface area contributed by atoms with Gasteiger partial charge in [-0.1, -0.05) is 71.9 Å². The summed E-state index contributed by atoms with van der Waals surface area (Å²) in [5.74, 6) is 0.749. The Balaban J connectivity index is 0.000000535. The monoisotopic (exact) mass is 556 g/mol. The average molecular weight is 555 g/mol. The van der Waals surface area contributed by atoms with Crippen LogP contribution in [0.5, 0.6) is 0 Å². The largest absolute Gasteiger partial charge is 4.00 e. The fourth-order valence-corrected chi connectivity index (χ4v) is 4.36. The molecule has 0 saturated carbocycles. The van der Waals surface area contributed by atoms with Crippen LogP contribution in [0.4, 0.5) is 0 Å². The van der Waals surface area contributed by atoms with Crippen LogP contribution in [0.2, 0.25) is 0 Å². The first-order valence-electron chi connectivity index (χ1n) is 10.2. The molecule has 0 heterocycles. The van der Waals surface area contributed by atoms with Gasteiger partial charge in [0.25, 0.3) is 0 Å². The normalized spacial score (nSPS) is 11.9. The summed E-state index contributed by atoms with van der Waals surface area (Å²) in [7, 11) is 0. The van der Waals surface area contributed by atoms with Crippen molar-refractivity contribution in [3.63, 3.8) is 0 Å². The van der Waals surface area contributed by atoms with Crippen LogP contribution in [0, 0.1) is 55.4 Å². The first-order valence-corrected chi connectivity index (χ1v) is 10.2. The Morgan fingerprint density at radius 3 is 1.86 bits per heavy atom. The summed E-state index contributed by atoms with van der Waals surface area (Å²) in [6.07, 6.45) is 5.14. The molecule has 0 N–H and O–H groups in total. The van der Waals surface area contributed by atoms with Gasteiger partial charge >= 0.3 is 25.8 Å². The fraction of sp³-hybridized carbons (Fsp3) is 0.429. The zero-order valence-corrected chi connectivity index (χ0v) is 23.8. The van der Waals surface area contributed by atoms with Crippen LogP contribution in [-0.4, -0.2) is 0 Å². The molecular weight excluding hydrogens is 515 g/mol. The molecule has 0 fully saturated rings. The Morgan fingerprint density at radius 2 is 1.41 bits per heavy atom. The SMILES string of the molecule is CC(C)C[c-]1ccc2cc3c(cc21)CCC3.Cc1c(C)c(C)[c-](C)c1C.[CH3-].[CH3-].[Hf+4]. The van der Waals surface area contributed by atoms with Gasteiger partial charge in [0.1, 0.15) is 0 Å². The van der Waals surface area contributed by atoms with Gasteiger partial charge < -0.3 is 14.9 Å². The second-order valence-corrected chi connectivity index (χ2v) is 8.64. The van der Waals surface area contributed by atoms with Crippen LogP contribution in [0.25, 0.3) is 10.8 Å². The molecule has 0 atom stereocenters. The zero-order valence-electron chi connectivity index (χ0n) is 20.2. The number of aryl methyl sites for hydroxylation is 2. The molecule has 0 spiro atoms. The summed E-state index contributed by atoms with van der Waals surface area (Å²) in [6, 6.07) is 9.49. The predicted octanol–water partition coefficient (Wildman–Crippen LogP) is 8.09. The second kappa shape index (κ2) is 11.4. The number of rotatable bonds is 2. The molecule has 0 bridgehead atoms. The van der Waals surface area contributed by atoms with Crippen LogP contribution >= 0.6 is 0 Å². The zero-order chi connectivity index (χ0) is 19.0. The van der Waals surface area contributed by atoms with Gasteiger partial charge in [-0.05, 0) is 19.3 Å². The molecule has 0 radical (unpaired) electrons. The number of hydrogen-bond donors (Lipinski definition) is 0. The molecule has 156 valence electrons. The minimum Gasteiger partial charge on any atom is -0.358 e. The summed E-state index contributed by atoms with van der Waals surface area (Å²) < 4.78 is 0. The molecule has 0 saturated heterocycles. The van der Waals surface area contributed by atoms with Crippen molar-refractivity contribution >= 4 is 10.8 Å². The second-order valence-electron chi connectivity index (χ2n) is 8.64. The van der Waals surface area contributed by atoms with Gasteiger partial charge in [-0.3, -0.25) is 0 Å². The number of benzene rings is 1. The molecule has 3 aromatic carbocycles. The van der Waals surface area contributed by atoms with Crippen LogP contribution in [0.1, 0.15) is 64.8 Å². The maximum Gasteiger partial charge on any atom is 4.00 e. The number of fused-ring (bicyclic) bond motifs is 2. The summed E-state index contributed by atoms with van der Waals surface area (Å²) in [5, 5.41) is 2.96. The van der Waals surface area contributed by atoms with Crippen molar-refractivity contribution in [1.29, 1.82) is 0 Å². The molecule has 4 rings (SSSR count). The molecule has 0 unspecified atom stereocenters. The maximum absolute atomic E-state index is 2.45. The molecule has 0 nitrogen and oxygen atoms in total. The van der Waals surface area contributed by atoms with E-state index in [9.17, 15) is 0 Å². The molecule has 0 aromatic heterocycles. The molecule has 1 heteroatoms. The van der Waals surface area contributed by atoms with E-state index in [1.165, 1.54) is 64.3 Å². The van der Waals surface area contributed by atoms with E-state index in [0.717, 1.165) is 5.92 Å². The van der Waals surface area contributed by atoms with Gasteiger partial charge in [-0.25, -0.2) is 0 Å². The van der Waals surface area contributed by atoms with E-state index in [0.29, 0.717) is 0 Å². The first-order chi connectivity index (χ1) is 12.3.